The van der Waals surface area contributed by atoms with Crippen molar-refractivity contribution in [3.63, 3.8) is 0 Å². The van der Waals surface area contributed by atoms with E-state index in [0.29, 0.717) is 30.2 Å². The van der Waals surface area contributed by atoms with Crippen LogP contribution in [0.4, 0.5) is 22.2 Å². The third kappa shape index (κ3) is 3.66. The van der Waals surface area contributed by atoms with E-state index in [-0.39, 0.29) is 6.04 Å². The Kier molecular flexibility index (Phi) is 4.68. The van der Waals surface area contributed by atoms with E-state index < -0.39 is 6.09 Å². The van der Waals surface area contributed by atoms with Crippen molar-refractivity contribution in [3.8, 4) is 6.07 Å². The van der Waals surface area contributed by atoms with E-state index >= 15 is 0 Å². The number of fused-ring (bicyclic) bond motifs is 1. The molecule has 0 aliphatic carbocycles. The van der Waals surface area contributed by atoms with Gasteiger partial charge in [0.25, 0.3) is 0 Å². The summed E-state index contributed by atoms with van der Waals surface area (Å²) in [6.45, 7) is 1.01. The van der Waals surface area contributed by atoms with Gasteiger partial charge in [-0.1, -0.05) is 6.07 Å². The Hall–Kier alpha value is -3.80. The van der Waals surface area contributed by atoms with Crippen LogP contribution in [0.15, 0.2) is 42.5 Å². The van der Waals surface area contributed by atoms with E-state index in [4.69, 9.17) is 5.26 Å². The number of hydrogen-bond acceptors (Lipinski definition) is 6. The first-order valence-electron chi connectivity index (χ1n) is 9.00. The fourth-order valence-corrected chi connectivity index (χ4v) is 3.30. The van der Waals surface area contributed by atoms with Gasteiger partial charge in [-0.05, 0) is 49.2 Å². The smallest absolute Gasteiger partial charge is 0.407 e. The molecule has 9 heteroatoms. The van der Waals surface area contributed by atoms with Crippen LogP contribution in [-0.4, -0.2) is 49.8 Å². The molecule has 3 heterocycles. The van der Waals surface area contributed by atoms with Crippen molar-refractivity contribution in [3.05, 3.63) is 48.0 Å². The quantitative estimate of drug-likeness (QED) is 0.639. The maximum atomic E-state index is 11.2. The highest BCUT2D eigenvalue weighted by Gasteiger charge is 2.23. The molecule has 28 heavy (non-hydrogen) atoms. The fourth-order valence-electron chi connectivity index (χ4n) is 3.30. The summed E-state index contributed by atoms with van der Waals surface area (Å²) in [5.74, 6) is 1.20. The van der Waals surface area contributed by atoms with Crippen molar-refractivity contribution in [2.24, 2.45) is 0 Å². The first-order valence-corrected chi connectivity index (χ1v) is 9.00. The molecule has 3 aromatic rings. The number of anilines is 3. The van der Waals surface area contributed by atoms with Crippen LogP contribution in [0.25, 0.3) is 5.65 Å². The first-order chi connectivity index (χ1) is 13.6. The van der Waals surface area contributed by atoms with Crippen LogP contribution in [0.2, 0.25) is 0 Å². The van der Waals surface area contributed by atoms with E-state index in [0.717, 1.165) is 24.3 Å². The zero-order valence-electron chi connectivity index (χ0n) is 15.0. The van der Waals surface area contributed by atoms with E-state index in [2.05, 4.69) is 26.8 Å². The molecule has 4 rings (SSSR count). The molecule has 1 aromatic carbocycles. The minimum atomic E-state index is -0.889. The Morgan fingerprint density at radius 3 is 2.82 bits per heavy atom. The number of nitriles is 1. The minimum absolute atomic E-state index is 0.0228. The standard InChI is InChI=1S/C19H19N7O2/c20-11-13-6-8-14(9-7-13)22-18-23-17-5-1-4-16(26(17)24-18)21-15-3-2-10-25(12-15)19(27)28/h1,4-9,15,21H,2-3,10,12H2,(H,22,24)(H,27,28). The largest absolute Gasteiger partial charge is 0.465 e. The number of nitrogens with one attached hydrogen (secondary N) is 2. The summed E-state index contributed by atoms with van der Waals surface area (Å²) in [4.78, 5) is 17.1. The molecule has 2 aromatic heterocycles. The van der Waals surface area contributed by atoms with Gasteiger partial charge in [-0.25, -0.2) is 4.79 Å². The Morgan fingerprint density at radius 2 is 2.07 bits per heavy atom. The highest BCUT2D eigenvalue weighted by Crippen LogP contribution is 2.20. The lowest BCUT2D eigenvalue weighted by atomic mass is 10.1. The minimum Gasteiger partial charge on any atom is -0.465 e. The SMILES string of the molecule is N#Cc1ccc(Nc2nc3cccc(NC4CCCN(C(=O)O)C4)n3n2)cc1. The summed E-state index contributed by atoms with van der Waals surface area (Å²) >= 11 is 0. The number of likely N-dealkylation sites (tertiary alicyclic amines) is 1. The van der Waals surface area contributed by atoms with Crippen LogP contribution < -0.4 is 10.6 Å². The van der Waals surface area contributed by atoms with Gasteiger partial charge >= 0.3 is 6.09 Å². The number of hydrogen-bond donors (Lipinski definition) is 3. The lowest BCUT2D eigenvalue weighted by Crippen LogP contribution is -2.44. The predicted octanol–water partition coefficient (Wildman–Crippen LogP) is 2.90. The highest BCUT2D eigenvalue weighted by atomic mass is 16.4. The van der Waals surface area contributed by atoms with Gasteiger partial charge in [-0.15, -0.1) is 5.10 Å². The Balaban J connectivity index is 1.53. The monoisotopic (exact) mass is 377 g/mol. The molecular weight excluding hydrogens is 358 g/mol. The zero-order chi connectivity index (χ0) is 19.5. The normalized spacial score (nSPS) is 16.5. The van der Waals surface area contributed by atoms with E-state index in [1.165, 1.54) is 4.90 Å². The highest BCUT2D eigenvalue weighted by molar-refractivity contribution is 5.65. The molecule has 1 unspecified atom stereocenters. The molecule has 1 saturated heterocycles. The molecule has 142 valence electrons. The number of nitrogens with zero attached hydrogens (tertiary/aromatic N) is 5. The lowest BCUT2D eigenvalue weighted by molar-refractivity contribution is 0.132. The molecule has 3 N–H and O–H groups in total. The summed E-state index contributed by atoms with van der Waals surface area (Å²) in [6, 6.07) is 14.8. The molecule has 1 fully saturated rings. The summed E-state index contributed by atoms with van der Waals surface area (Å²) in [6.07, 6.45) is 0.827. The molecule has 1 atom stereocenters. The maximum Gasteiger partial charge on any atom is 0.407 e. The maximum absolute atomic E-state index is 11.2. The number of aromatic nitrogens is 3. The third-order valence-corrected chi connectivity index (χ3v) is 4.67. The second-order valence-electron chi connectivity index (χ2n) is 6.64. The van der Waals surface area contributed by atoms with Crippen LogP contribution in [0.3, 0.4) is 0 Å². The summed E-state index contributed by atoms with van der Waals surface area (Å²) < 4.78 is 1.70. The van der Waals surface area contributed by atoms with Crippen LogP contribution in [0.1, 0.15) is 18.4 Å². The summed E-state index contributed by atoms with van der Waals surface area (Å²) in [5, 5.41) is 29.1. The van der Waals surface area contributed by atoms with Crippen molar-refractivity contribution in [2.75, 3.05) is 23.7 Å². The molecule has 9 nitrogen and oxygen atoms in total. The number of piperidine rings is 1. The van der Waals surface area contributed by atoms with Gasteiger partial charge in [-0.3, -0.25) is 0 Å². The molecule has 0 bridgehead atoms. The topological polar surface area (TPSA) is 119 Å². The van der Waals surface area contributed by atoms with Crippen molar-refractivity contribution in [1.82, 2.24) is 19.5 Å². The first kappa shape index (κ1) is 17.6. The average Bonchev–Trinajstić information content (AvgIpc) is 3.12. The summed E-state index contributed by atoms with van der Waals surface area (Å²) in [7, 11) is 0. The Labute approximate surface area is 161 Å². The van der Waals surface area contributed by atoms with Crippen molar-refractivity contribution in [2.45, 2.75) is 18.9 Å². The number of rotatable bonds is 4. The van der Waals surface area contributed by atoms with Crippen molar-refractivity contribution in [1.29, 1.82) is 5.26 Å². The van der Waals surface area contributed by atoms with Gasteiger partial charge in [-0.2, -0.15) is 14.8 Å². The van der Waals surface area contributed by atoms with Crippen LogP contribution in [0, 0.1) is 11.3 Å². The van der Waals surface area contributed by atoms with Gasteiger partial charge in [0, 0.05) is 24.8 Å². The number of carbonyl (C=O) groups is 1. The fraction of sp³-hybridized carbons (Fsp3) is 0.263. The van der Waals surface area contributed by atoms with Crippen LogP contribution >= 0.6 is 0 Å². The molecular formula is C19H19N7O2. The second kappa shape index (κ2) is 7.44. The number of amides is 1. The van der Waals surface area contributed by atoms with E-state index in [1.54, 1.807) is 28.8 Å². The summed E-state index contributed by atoms with van der Waals surface area (Å²) in [5.41, 5.74) is 2.05. The van der Waals surface area contributed by atoms with Gasteiger partial charge < -0.3 is 20.6 Å². The molecule has 0 saturated carbocycles. The lowest BCUT2D eigenvalue weighted by Gasteiger charge is -2.31. The average molecular weight is 377 g/mol. The predicted molar refractivity (Wildman–Crippen MR) is 104 cm³/mol. The molecule has 1 amide bonds. The molecule has 1 aliphatic rings. The Bertz CT molecular complexity index is 1040. The van der Waals surface area contributed by atoms with Gasteiger partial charge in [0.2, 0.25) is 5.95 Å². The van der Waals surface area contributed by atoms with E-state index in [9.17, 15) is 9.90 Å². The van der Waals surface area contributed by atoms with Gasteiger partial charge in [0.05, 0.1) is 11.6 Å². The van der Waals surface area contributed by atoms with Crippen LogP contribution in [-0.2, 0) is 0 Å². The van der Waals surface area contributed by atoms with Gasteiger partial charge in [0.15, 0.2) is 5.65 Å². The van der Waals surface area contributed by atoms with Gasteiger partial charge in [0.1, 0.15) is 5.82 Å². The number of pyridine rings is 1. The van der Waals surface area contributed by atoms with Crippen molar-refractivity contribution < 1.29 is 9.90 Å². The molecule has 0 radical (unpaired) electrons. The Morgan fingerprint density at radius 1 is 1.25 bits per heavy atom. The number of benzene rings is 1. The van der Waals surface area contributed by atoms with Crippen molar-refractivity contribution >= 4 is 29.2 Å². The molecule has 1 aliphatic heterocycles. The third-order valence-electron chi connectivity index (χ3n) is 4.67. The molecule has 0 spiro atoms. The second-order valence-corrected chi connectivity index (χ2v) is 6.64. The number of carboxylic acid groups (broad SMARTS) is 1. The zero-order valence-corrected chi connectivity index (χ0v) is 15.0. The van der Waals surface area contributed by atoms with Crippen LogP contribution in [0.5, 0.6) is 0 Å². The van der Waals surface area contributed by atoms with E-state index in [1.807, 2.05) is 18.2 Å².